The predicted octanol–water partition coefficient (Wildman–Crippen LogP) is 3.80. The number of H-pyrrole nitrogens is 1. The number of fused-ring (bicyclic) bond motifs is 2. The van der Waals surface area contributed by atoms with E-state index in [2.05, 4.69) is 54.6 Å². The molecule has 4 aromatic rings. The standard InChI is InChI=1S/C19H17FN6/c20-13-6-9-26(11-13)16-3-1-2-12-10-14(4-5-15(12)16)23-19-17-18(24-25-19)22-8-7-21-17/h1-5,7-8,10,13H,6,9,11H2,(H2,22,23,24,25)/t13-/m1/s1. The average Bonchev–Trinajstić information content (AvgIpc) is 3.28. The Balaban J connectivity index is 1.50. The first-order valence-electron chi connectivity index (χ1n) is 8.62. The van der Waals surface area contributed by atoms with Crippen LogP contribution in [0, 0.1) is 0 Å². The third kappa shape index (κ3) is 2.52. The molecule has 1 fully saturated rings. The predicted molar refractivity (Wildman–Crippen MR) is 101 cm³/mol. The van der Waals surface area contributed by atoms with Gasteiger partial charge in [-0.05, 0) is 30.0 Å². The molecule has 2 aromatic carbocycles. The zero-order chi connectivity index (χ0) is 17.5. The van der Waals surface area contributed by atoms with E-state index in [9.17, 15) is 4.39 Å². The van der Waals surface area contributed by atoms with Crippen molar-refractivity contribution in [3.63, 3.8) is 0 Å². The molecule has 0 radical (unpaired) electrons. The van der Waals surface area contributed by atoms with E-state index < -0.39 is 6.17 Å². The fourth-order valence-corrected chi connectivity index (χ4v) is 3.54. The lowest BCUT2D eigenvalue weighted by Crippen LogP contribution is -2.20. The summed E-state index contributed by atoms with van der Waals surface area (Å²) in [6.07, 6.45) is 3.12. The molecule has 1 atom stereocenters. The van der Waals surface area contributed by atoms with Gasteiger partial charge in [-0.1, -0.05) is 18.2 Å². The van der Waals surface area contributed by atoms with Gasteiger partial charge in [-0.15, -0.1) is 0 Å². The summed E-state index contributed by atoms with van der Waals surface area (Å²) < 4.78 is 13.6. The molecule has 1 aliphatic rings. The number of rotatable bonds is 3. The van der Waals surface area contributed by atoms with E-state index in [1.54, 1.807) is 12.4 Å². The second-order valence-electron chi connectivity index (χ2n) is 6.50. The number of nitrogens with zero attached hydrogens (tertiary/aromatic N) is 4. The molecule has 0 unspecified atom stereocenters. The number of anilines is 3. The van der Waals surface area contributed by atoms with Gasteiger partial charge >= 0.3 is 0 Å². The fraction of sp³-hybridized carbons (Fsp3) is 0.211. The first-order valence-corrected chi connectivity index (χ1v) is 8.62. The van der Waals surface area contributed by atoms with E-state index in [1.165, 1.54) is 0 Å². The molecule has 2 aromatic heterocycles. The SMILES string of the molecule is F[C@@H]1CCN(c2cccc3cc(Nc4[nH]nc5nccnc45)ccc23)C1. The van der Waals surface area contributed by atoms with Crippen molar-refractivity contribution in [1.29, 1.82) is 0 Å². The second-order valence-corrected chi connectivity index (χ2v) is 6.50. The molecule has 1 aliphatic heterocycles. The number of hydrogen-bond donors (Lipinski definition) is 2. The molecule has 0 saturated carbocycles. The smallest absolute Gasteiger partial charge is 0.201 e. The van der Waals surface area contributed by atoms with Gasteiger partial charge in [0.2, 0.25) is 5.65 Å². The summed E-state index contributed by atoms with van der Waals surface area (Å²) in [6, 6.07) is 12.3. The van der Waals surface area contributed by atoms with Gasteiger partial charge in [0.25, 0.3) is 0 Å². The lowest BCUT2D eigenvalue weighted by Gasteiger charge is -2.20. The largest absolute Gasteiger partial charge is 0.368 e. The Kier molecular flexibility index (Phi) is 3.44. The van der Waals surface area contributed by atoms with Gasteiger partial charge in [0.1, 0.15) is 6.17 Å². The number of hydrogen-bond acceptors (Lipinski definition) is 5. The van der Waals surface area contributed by atoms with Crippen LogP contribution in [0.25, 0.3) is 21.9 Å². The van der Waals surface area contributed by atoms with Crippen LogP contribution in [0.2, 0.25) is 0 Å². The Morgan fingerprint density at radius 2 is 2.08 bits per heavy atom. The van der Waals surface area contributed by atoms with Crippen molar-refractivity contribution in [3.8, 4) is 0 Å². The summed E-state index contributed by atoms with van der Waals surface area (Å²) in [5, 5.41) is 12.6. The van der Waals surface area contributed by atoms with Gasteiger partial charge in [0, 0.05) is 42.2 Å². The van der Waals surface area contributed by atoms with Crippen molar-refractivity contribution in [2.45, 2.75) is 12.6 Å². The van der Waals surface area contributed by atoms with Gasteiger partial charge in [0.15, 0.2) is 11.3 Å². The monoisotopic (exact) mass is 348 g/mol. The number of nitrogens with one attached hydrogen (secondary N) is 2. The Morgan fingerprint density at radius 1 is 1.15 bits per heavy atom. The van der Waals surface area contributed by atoms with Crippen molar-refractivity contribution < 1.29 is 4.39 Å². The molecule has 1 saturated heterocycles. The van der Waals surface area contributed by atoms with Gasteiger partial charge in [-0.25, -0.2) is 14.4 Å². The van der Waals surface area contributed by atoms with Gasteiger partial charge < -0.3 is 10.2 Å². The van der Waals surface area contributed by atoms with Crippen LogP contribution in [0.1, 0.15) is 6.42 Å². The number of alkyl halides is 1. The highest BCUT2D eigenvalue weighted by molar-refractivity contribution is 5.97. The summed E-state index contributed by atoms with van der Waals surface area (Å²) >= 11 is 0. The summed E-state index contributed by atoms with van der Waals surface area (Å²) in [5.74, 6) is 0.711. The van der Waals surface area contributed by atoms with Gasteiger partial charge in [-0.3, -0.25) is 5.10 Å². The minimum atomic E-state index is -0.735. The van der Waals surface area contributed by atoms with E-state index in [1.807, 2.05) is 12.1 Å². The van der Waals surface area contributed by atoms with E-state index in [0.29, 0.717) is 29.9 Å². The Morgan fingerprint density at radius 3 is 2.96 bits per heavy atom. The molecule has 0 spiro atoms. The molecule has 0 amide bonds. The van der Waals surface area contributed by atoms with Crippen molar-refractivity contribution in [3.05, 3.63) is 48.8 Å². The Hall–Kier alpha value is -3.22. The quantitative estimate of drug-likeness (QED) is 0.589. The van der Waals surface area contributed by atoms with Crippen molar-refractivity contribution in [1.82, 2.24) is 20.2 Å². The van der Waals surface area contributed by atoms with Crippen molar-refractivity contribution in [2.75, 3.05) is 23.3 Å². The maximum Gasteiger partial charge on any atom is 0.201 e. The molecule has 3 heterocycles. The lowest BCUT2D eigenvalue weighted by atomic mass is 10.1. The minimum absolute atomic E-state index is 0.470. The summed E-state index contributed by atoms with van der Waals surface area (Å²) in [6.45, 7) is 1.23. The fourth-order valence-electron chi connectivity index (χ4n) is 3.54. The second kappa shape index (κ2) is 5.94. The first kappa shape index (κ1) is 15.1. The number of benzene rings is 2. The molecule has 26 heavy (non-hydrogen) atoms. The van der Waals surface area contributed by atoms with Crippen LogP contribution in [0.3, 0.4) is 0 Å². The summed E-state index contributed by atoms with van der Waals surface area (Å²) in [4.78, 5) is 10.6. The molecule has 6 nitrogen and oxygen atoms in total. The molecule has 130 valence electrons. The average molecular weight is 348 g/mol. The van der Waals surface area contributed by atoms with E-state index in [-0.39, 0.29) is 0 Å². The summed E-state index contributed by atoms with van der Waals surface area (Å²) in [5.41, 5.74) is 3.29. The van der Waals surface area contributed by atoms with Crippen LogP contribution in [0.4, 0.5) is 21.6 Å². The number of aromatic amines is 1. The topological polar surface area (TPSA) is 69.7 Å². The van der Waals surface area contributed by atoms with E-state index in [4.69, 9.17) is 0 Å². The van der Waals surface area contributed by atoms with E-state index in [0.717, 1.165) is 28.7 Å². The zero-order valence-electron chi connectivity index (χ0n) is 14.0. The molecule has 0 aliphatic carbocycles. The van der Waals surface area contributed by atoms with Crippen molar-refractivity contribution >= 4 is 39.1 Å². The highest BCUT2D eigenvalue weighted by atomic mass is 19.1. The molecule has 2 N–H and O–H groups in total. The first-order chi connectivity index (χ1) is 12.8. The number of halogens is 1. The number of aromatic nitrogens is 4. The zero-order valence-corrected chi connectivity index (χ0v) is 14.0. The normalized spacial score (nSPS) is 17.3. The van der Waals surface area contributed by atoms with Crippen LogP contribution in [0.15, 0.2) is 48.8 Å². The van der Waals surface area contributed by atoms with Crippen LogP contribution >= 0.6 is 0 Å². The molecule has 0 bridgehead atoms. The van der Waals surface area contributed by atoms with Crippen LogP contribution in [-0.4, -0.2) is 39.4 Å². The highest BCUT2D eigenvalue weighted by Crippen LogP contribution is 2.32. The van der Waals surface area contributed by atoms with Gasteiger partial charge in [-0.2, -0.15) is 5.10 Å². The maximum atomic E-state index is 13.6. The summed E-state index contributed by atoms with van der Waals surface area (Å²) in [7, 11) is 0. The Bertz CT molecular complexity index is 1090. The highest BCUT2D eigenvalue weighted by Gasteiger charge is 2.23. The minimum Gasteiger partial charge on any atom is -0.368 e. The van der Waals surface area contributed by atoms with Crippen molar-refractivity contribution in [2.24, 2.45) is 0 Å². The lowest BCUT2D eigenvalue weighted by molar-refractivity contribution is 0.364. The third-order valence-electron chi connectivity index (χ3n) is 4.79. The molecule has 7 heteroatoms. The molecular formula is C19H17FN6. The maximum absolute atomic E-state index is 13.6. The van der Waals surface area contributed by atoms with Crippen LogP contribution < -0.4 is 10.2 Å². The van der Waals surface area contributed by atoms with Crippen LogP contribution in [0.5, 0.6) is 0 Å². The Labute approximate surface area is 149 Å². The molecular weight excluding hydrogens is 331 g/mol. The van der Waals surface area contributed by atoms with Crippen LogP contribution in [-0.2, 0) is 0 Å². The third-order valence-corrected chi connectivity index (χ3v) is 4.79. The molecule has 5 rings (SSSR count). The van der Waals surface area contributed by atoms with E-state index >= 15 is 0 Å². The van der Waals surface area contributed by atoms with Gasteiger partial charge in [0.05, 0.1) is 0 Å².